The molecule has 5 heteroatoms. The number of aromatic nitrogens is 1. The average molecular weight is 346 g/mol. The second-order valence-corrected chi connectivity index (χ2v) is 6.93. The predicted molar refractivity (Wildman–Crippen MR) is 93.7 cm³/mol. The van der Waals surface area contributed by atoms with Gasteiger partial charge in [0.1, 0.15) is 9.88 Å². The molecule has 1 aromatic heterocycles. The third-order valence-corrected chi connectivity index (χ3v) is 5.49. The van der Waals surface area contributed by atoms with Gasteiger partial charge in [-0.05, 0) is 23.7 Å². The van der Waals surface area contributed by atoms with Gasteiger partial charge in [0.25, 0.3) is 5.24 Å². The Bertz CT molecular complexity index is 772. The van der Waals surface area contributed by atoms with Gasteiger partial charge in [0.15, 0.2) is 0 Å². The number of thioether (sulfide) groups is 1. The van der Waals surface area contributed by atoms with Crippen LogP contribution in [0.4, 0.5) is 0 Å². The van der Waals surface area contributed by atoms with Gasteiger partial charge < -0.3 is 0 Å². The van der Waals surface area contributed by atoms with Crippen LogP contribution in [0.25, 0.3) is 10.6 Å². The molecule has 0 spiro atoms. The molecule has 1 heterocycles. The lowest BCUT2D eigenvalue weighted by atomic mass is 10.2. The molecule has 0 aliphatic rings. The molecule has 22 heavy (non-hydrogen) atoms. The molecule has 0 N–H and O–H groups in total. The van der Waals surface area contributed by atoms with E-state index in [-0.39, 0.29) is 0 Å². The van der Waals surface area contributed by atoms with Crippen LogP contribution < -0.4 is 0 Å². The summed E-state index contributed by atoms with van der Waals surface area (Å²) in [6.07, 6.45) is 0. The first-order valence-corrected chi connectivity index (χ1v) is 8.85. The Morgan fingerprint density at radius 2 is 1.68 bits per heavy atom. The predicted octanol–water partition coefficient (Wildman–Crippen LogP) is 5.48. The highest BCUT2D eigenvalue weighted by Gasteiger charge is 2.17. The van der Waals surface area contributed by atoms with Crippen LogP contribution in [-0.4, -0.2) is 10.2 Å². The fraction of sp³-hybridized carbons (Fsp3) is 0.0588. The van der Waals surface area contributed by atoms with E-state index in [2.05, 4.69) is 4.98 Å². The number of hydrogen-bond acceptors (Lipinski definition) is 4. The summed E-state index contributed by atoms with van der Waals surface area (Å²) in [5.74, 6) is 0.626. The van der Waals surface area contributed by atoms with Gasteiger partial charge in [-0.3, -0.25) is 4.79 Å². The summed E-state index contributed by atoms with van der Waals surface area (Å²) in [7, 11) is 0. The molecule has 0 saturated carbocycles. The Morgan fingerprint density at radius 1 is 1.05 bits per heavy atom. The van der Waals surface area contributed by atoms with Crippen LogP contribution >= 0.6 is 34.7 Å². The van der Waals surface area contributed by atoms with Gasteiger partial charge in [0.2, 0.25) is 0 Å². The van der Waals surface area contributed by atoms with E-state index >= 15 is 0 Å². The van der Waals surface area contributed by atoms with E-state index in [1.165, 1.54) is 11.3 Å². The van der Waals surface area contributed by atoms with E-state index in [0.717, 1.165) is 21.2 Å². The Labute approximate surface area is 142 Å². The van der Waals surface area contributed by atoms with Crippen molar-refractivity contribution in [3.05, 3.63) is 71.2 Å². The summed E-state index contributed by atoms with van der Waals surface area (Å²) in [6.45, 7) is 0. The highest BCUT2D eigenvalue weighted by atomic mass is 35.5. The van der Waals surface area contributed by atoms with Crippen molar-refractivity contribution in [3.8, 4) is 10.6 Å². The number of nitrogens with zero attached hydrogens (tertiary/aromatic N) is 1. The zero-order chi connectivity index (χ0) is 15.4. The van der Waals surface area contributed by atoms with Gasteiger partial charge in [-0.15, -0.1) is 23.1 Å². The van der Waals surface area contributed by atoms with Crippen molar-refractivity contribution in [2.45, 2.75) is 10.6 Å². The first kappa shape index (κ1) is 15.3. The van der Waals surface area contributed by atoms with Gasteiger partial charge in [-0.1, -0.05) is 48.5 Å². The van der Waals surface area contributed by atoms with Crippen molar-refractivity contribution in [1.29, 1.82) is 0 Å². The molecule has 0 unspecified atom stereocenters. The summed E-state index contributed by atoms with van der Waals surface area (Å²) in [6, 6.07) is 19.9. The maximum atomic E-state index is 11.6. The summed E-state index contributed by atoms with van der Waals surface area (Å²) >= 11 is 8.71. The molecule has 110 valence electrons. The molecular formula is C17H12ClNOS2. The zero-order valence-electron chi connectivity index (χ0n) is 11.5. The van der Waals surface area contributed by atoms with E-state index in [1.54, 1.807) is 11.8 Å². The number of rotatable bonds is 5. The topological polar surface area (TPSA) is 30.0 Å². The third kappa shape index (κ3) is 3.58. The van der Waals surface area contributed by atoms with Crippen molar-refractivity contribution in [3.63, 3.8) is 0 Å². The SMILES string of the molecule is O=C(Cl)c1sc(-c2ccccc2)nc1CSc1ccccc1. The molecule has 0 amide bonds. The van der Waals surface area contributed by atoms with E-state index in [0.29, 0.717) is 10.6 Å². The van der Waals surface area contributed by atoms with Crippen LogP contribution in [0.3, 0.4) is 0 Å². The Kier molecular flexibility index (Phi) is 4.93. The molecule has 0 bridgehead atoms. The molecule has 2 aromatic carbocycles. The largest absolute Gasteiger partial charge is 0.275 e. The average Bonchev–Trinajstić information content (AvgIpc) is 2.99. The van der Waals surface area contributed by atoms with E-state index in [4.69, 9.17) is 11.6 Å². The Balaban J connectivity index is 1.86. The van der Waals surface area contributed by atoms with Crippen molar-refractivity contribution >= 4 is 39.9 Å². The first-order chi connectivity index (χ1) is 10.7. The van der Waals surface area contributed by atoms with Gasteiger partial charge in [0.05, 0.1) is 5.69 Å². The van der Waals surface area contributed by atoms with Crippen molar-refractivity contribution in [1.82, 2.24) is 4.98 Å². The smallest absolute Gasteiger partial charge is 0.264 e. The van der Waals surface area contributed by atoms with E-state index < -0.39 is 5.24 Å². The summed E-state index contributed by atoms with van der Waals surface area (Å²) < 4.78 is 0. The second-order valence-electron chi connectivity index (χ2n) is 4.54. The van der Waals surface area contributed by atoms with E-state index in [1.807, 2.05) is 60.7 Å². The number of carbonyl (C=O) groups is 1. The molecule has 0 fully saturated rings. The lowest BCUT2D eigenvalue weighted by Gasteiger charge is -2.00. The van der Waals surface area contributed by atoms with Gasteiger partial charge >= 0.3 is 0 Å². The summed E-state index contributed by atoms with van der Waals surface area (Å²) in [5, 5.41) is 0.386. The van der Waals surface area contributed by atoms with Crippen LogP contribution in [0.2, 0.25) is 0 Å². The number of halogens is 1. The zero-order valence-corrected chi connectivity index (χ0v) is 13.9. The number of carbonyl (C=O) groups excluding carboxylic acids is 1. The van der Waals surface area contributed by atoms with Crippen LogP contribution in [0, 0.1) is 0 Å². The summed E-state index contributed by atoms with van der Waals surface area (Å²) in [5.41, 5.74) is 1.75. The Hall–Kier alpha value is -1.62. The van der Waals surface area contributed by atoms with Gasteiger partial charge in [-0.2, -0.15) is 0 Å². The normalized spacial score (nSPS) is 10.6. The van der Waals surface area contributed by atoms with Crippen LogP contribution in [0.15, 0.2) is 65.6 Å². The van der Waals surface area contributed by atoms with Crippen LogP contribution in [-0.2, 0) is 5.75 Å². The first-order valence-electron chi connectivity index (χ1n) is 6.67. The molecule has 2 nitrogen and oxygen atoms in total. The fourth-order valence-electron chi connectivity index (χ4n) is 1.98. The molecule has 0 atom stereocenters. The molecule has 0 saturated heterocycles. The molecular weight excluding hydrogens is 334 g/mol. The molecule has 3 rings (SSSR count). The number of hydrogen-bond donors (Lipinski definition) is 0. The minimum atomic E-state index is -0.441. The standard InChI is InChI=1S/C17H12ClNOS2/c18-16(20)15-14(11-21-13-9-5-2-6-10-13)19-17(22-15)12-7-3-1-4-8-12/h1-10H,11H2. The third-order valence-electron chi connectivity index (χ3n) is 3.02. The number of thiazole rings is 1. The molecule has 0 radical (unpaired) electrons. The molecule has 0 aliphatic heterocycles. The highest BCUT2D eigenvalue weighted by Crippen LogP contribution is 2.32. The van der Waals surface area contributed by atoms with Crippen LogP contribution in [0.1, 0.15) is 15.4 Å². The second kappa shape index (κ2) is 7.09. The summed E-state index contributed by atoms with van der Waals surface area (Å²) in [4.78, 5) is 17.9. The number of benzene rings is 2. The van der Waals surface area contributed by atoms with Crippen molar-refractivity contribution in [2.24, 2.45) is 0 Å². The molecule has 0 aliphatic carbocycles. The van der Waals surface area contributed by atoms with Crippen molar-refractivity contribution in [2.75, 3.05) is 0 Å². The molecule has 3 aromatic rings. The van der Waals surface area contributed by atoms with Gasteiger partial charge in [-0.25, -0.2) is 4.98 Å². The monoisotopic (exact) mass is 345 g/mol. The quantitative estimate of drug-likeness (QED) is 0.453. The van der Waals surface area contributed by atoms with E-state index in [9.17, 15) is 4.79 Å². The van der Waals surface area contributed by atoms with Crippen molar-refractivity contribution < 1.29 is 4.79 Å². The minimum absolute atomic E-state index is 0.441. The minimum Gasteiger partial charge on any atom is -0.275 e. The lowest BCUT2D eigenvalue weighted by Crippen LogP contribution is -1.92. The maximum Gasteiger partial charge on any atom is 0.264 e. The van der Waals surface area contributed by atoms with Gasteiger partial charge in [0, 0.05) is 16.2 Å². The highest BCUT2D eigenvalue weighted by molar-refractivity contribution is 7.98. The lowest BCUT2D eigenvalue weighted by molar-refractivity contribution is 0.108. The maximum absolute atomic E-state index is 11.6. The fourth-order valence-corrected chi connectivity index (χ4v) is 4.07. The van der Waals surface area contributed by atoms with Crippen LogP contribution in [0.5, 0.6) is 0 Å². The Morgan fingerprint density at radius 3 is 2.32 bits per heavy atom.